The van der Waals surface area contributed by atoms with Crippen LogP contribution in [-0.2, 0) is 0 Å². The lowest BCUT2D eigenvalue weighted by molar-refractivity contribution is 0.100. The molecule has 0 saturated heterocycles. The summed E-state index contributed by atoms with van der Waals surface area (Å²) < 4.78 is 16.4. The molecule has 1 fully saturated rings. The number of pyridine rings is 2. The molecule has 162 valence electrons. The molecule has 4 rings (SSSR count). The number of nitrogens with one attached hydrogen (secondary N) is 2. The molecule has 9 nitrogen and oxygen atoms in total. The topological polar surface area (TPSA) is 137 Å². The Morgan fingerprint density at radius 2 is 2.06 bits per heavy atom. The fourth-order valence-electron chi connectivity index (χ4n) is 3.76. The van der Waals surface area contributed by atoms with Crippen molar-refractivity contribution >= 4 is 23.2 Å². The van der Waals surface area contributed by atoms with Crippen LogP contribution in [-0.4, -0.2) is 37.7 Å². The Morgan fingerprint density at radius 3 is 2.77 bits per heavy atom. The molecule has 0 spiro atoms. The number of aromatic nitrogens is 4. The number of hydrogen-bond acceptors (Lipinski definition) is 7. The van der Waals surface area contributed by atoms with Crippen molar-refractivity contribution in [3.63, 3.8) is 0 Å². The van der Waals surface area contributed by atoms with Crippen LogP contribution in [0.5, 0.6) is 0 Å². The second kappa shape index (κ2) is 8.68. The molecule has 2 atom stereocenters. The molecular weight excluding hydrogens is 399 g/mol. The average Bonchev–Trinajstić information content (AvgIpc) is 3.27. The van der Waals surface area contributed by atoms with E-state index in [-0.39, 0.29) is 29.3 Å². The van der Waals surface area contributed by atoms with Crippen molar-refractivity contribution in [2.24, 2.45) is 11.5 Å². The van der Waals surface area contributed by atoms with Crippen LogP contribution >= 0.6 is 0 Å². The molecule has 6 N–H and O–H groups in total. The van der Waals surface area contributed by atoms with E-state index in [1.807, 2.05) is 13.0 Å². The molecule has 0 bridgehead atoms. The number of anilines is 3. The quantitative estimate of drug-likeness (QED) is 0.477. The predicted octanol–water partition coefficient (Wildman–Crippen LogP) is 2.63. The van der Waals surface area contributed by atoms with Crippen molar-refractivity contribution in [3.8, 4) is 5.69 Å². The highest BCUT2D eigenvalue weighted by molar-refractivity contribution is 5.98. The number of hydrogen-bond donors (Lipinski definition) is 4. The predicted molar refractivity (Wildman–Crippen MR) is 116 cm³/mol. The van der Waals surface area contributed by atoms with Gasteiger partial charge < -0.3 is 22.1 Å². The van der Waals surface area contributed by atoms with E-state index in [4.69, 9.17) is 11.5 Å². The van der Waals surface area contributed by atoms with E-state index in [9.17, 15) is 9.18 Å². The van der Waals surface area contributed by atoms with Crippen molar-refractivity contribution in [2.75, 3.05) is 10.6 Å². The van der Waals surface area contributed by atoms with Crippen LogP contribution in [0.2, 0.25) is 0 Å². The maximum Gasteiger partial charge on any atom is 0.252 e. The van der Waals surface area contributed by atoms with E-state index in [1.165, 1.54) is 0 Å². The van der Waals surface area contributed by atoms with Gasteiger partial charge in [0.25, 0.3) is 5.91 Å². The van der Waals surface area contributed by atoms with Gasteiger partial charge in [-0.15, -0.1) is 0 Å². The van der Waals surface area contributed by atoms with E-state index < -0.39 is 11.7 Å². The number of carbonyl (C=O) groups excluding carboxylic acids is 1. The summed E-state index contributed by atoms with van der Waals surface area (Å²) in [4.78, 5) is 20.6. The maximum absolute atomic E-state index is 14.7. The van der Waals surface area contributed by atoms with Crippen molar-refractivity contribution in [1.29, 1.82) is 0 Å². The Morgan fingerprint density at radius 1 is 1.26 bits per heavy atom. The van der Waals surface area contributed by atoms with E-state index in [2.05, 4.69) is 25.7 Å². The van der Waals surface area contributed by atoms with Crippen molar-refractivity contribution in [1.82, 2.24) is 19.7 Å². The van der Waals surface area contributed by atoms with Gasteiger partial charge in [-0.1, -0.05) is 12.8 Å². The molecule has 31 heavy (non-hydrogen) atoms. The van der Waals surface area contributed by atoms with Crippen molar-refractivity contribution in [2.45, 2.75) is 44.7 Å². The first-order valence-electron chi connectivity index (χ1n) is 10.2. The van der Waals surface area contributed by atoms with E-state index in [1.54, 1.807) is 29.3 Å². The molecule has 0 aromatic carbocycles. The summed E-state index contributed by atoms with van der Waals surface area (Å²) in [6.45, 7) is 1.86. The van der Waals surface area contributed by atoms with E-state index in [0.29, 0.717) is 5.69 Å². The van der Waals surface area contributed by atoms with Gasteiger partial charge in [0.2, 0.25) is 0 Å². The van der Waals surface area contributed by atoms with Gasteiger partial charge in [-0.3, -0.25) is 9.78 Å². The minimum Gasteiger partial charge on any atom is -0.365 e. The monoisotopic (exact) mass is 424 g/mol. The summed E-state index contributed by atoms with van der Waals surface area (Å²) >= 11 is 0. The molecule has 3 heterocycles. The van der Waals surface area contributed by atoms with Crippen LogP contribution in [0, 0.1) is 12.7 Å². The molecule has 1 unspecified atom stereocenters. The van der Waals surface area contributed by atoms with Gasteiger partial charge in [-0.2, -0.15) is 5.10 Å². The number of nitrogens with two attached hydrogens (primary N) is 2. The van der Waals surface area contributed by atoms with Crippen molar-refractivity contribution < 1.29 is 9.18 Å². The fraction of sp³-hybridized carbons (Fsp3) is 0.333. The Labute approximate surface area is 179 Å². The van der Waals surface area contributed by atoms with Crippen LogP contribution in [0.1, 0.15) is 41.7 Å². The number of aryl methyl sites for hydroxylation is 1. The number of primary amides is 1. The number of nitrogens with zero attached hydrogens (tertiary/aromatic N) is 4. The van der Waals surface area contributed by atoms with Gasteiger partial charge in [0, 0.05) is 24.5 Å². The van der Waals surface area contributed by atoms with Gasteiger partial charge >= 0.3 is 0 Å². The third kappa shape index (κ3) is 4.48. The zero-order valence-corrected chi connectivity index (χ0v) is 17.2. The Hall–Kier alpha value is -3.53. The zero-order chi connectivity index (χ0) is 22.0. The highest BCUT2D eigenvalue weighted by Gasteiger charge is 2.24. The molecule has 1 aliphatic rings. The lowest BCUT2D eigenvalue weighted by Gasteiger charge is -2.30. The zero-order valence-electron chi connectivity index (χ0n) is 17.2. The Bertz CT molecular complexity index is 1090. The normalized spacial score (nSPS) is 18.5. The van der Waals surface area contributed by atoms with Gasteiger partial charge in [0.05, 0.1) is 28.8 Å². The van der Waals surface area contributed by atoms with E-state index >= 15 is 0 Å². The minimum atomic E-state index is -0.790. The standard InChI is InChI=1S/C21H25FN8O/c1-12-18(30-8-4-7-26-30)9-13(11-25-12)27-20-14(19(24)31)10-15(22)21(29-20)28-17-6-3-2-5-16(17)23/h4,7-11,16-17H,2-3,5-6,23H2,1H3,(H2,24,31)(H2,27,28,29)/t16-,17?/m0/s1. The van der Waals surface area contributed by atoms with Crippen LogP contribution in [0.4, 0.5) is 21.7 Å². The third-order valence-corrected chi connectivity index (χ3v) is 5.46. The first-order valence-corrected chi connectivity index (χ1v) is 10.2. The average molecular weight is 424 g/mol. The first-order chi connectivity index (χ1) is 14.9. The van der Waals surface area contributed by atoms with Gasteiger partial charge in [-0.05, 0) is 38.0 Å². The number of amides is 1. The fourth-order valence-corrected chi connectivity index (χ4v) is 3.76. The second-order valence-corrected chi connectivity index (χ2v) is 7.68. The molecule has 10 heteroatoms. The molecular formula is C21H25FN8O. The molecule has 1 aliphatic carbocycles. The van der Waals surface area contributed by atoms with Crippen LogP contribution < -0.4 is 22.1 Å². The van der Waals surface area contributed by atoms with Crippen molar-refractivity contribution in [3.05, 3.63) is 53.9 Å². The molecule has 0 radical (unpaired) electrons. The Balaban J connectivity index is 1.67. The molecule has 1 amide bonds. The van der Waals surface area contributed by atoms with Gasteiger partial charge in [0.1, 0.15) is 5.82 Å². The first kappa shape index (κ1) is 20.7. The summed E-state index contributed by atoms with van der Waals surface area (Å²) in [6, 6.07) is 4.54. The smallest absolute Gasteiger partial charge is 0.252 e. The Kier molecular flexibility index (Phi) is 5.81. The van der Waals surface area contributed by atoms with Crippen LogP contribution in [0.15, 0.2) is 36.8 Å². The van der Waals surface area contributed by atoms with Crippen LogP contribution in [0.25, 0.3) is 5.69 Å². The lowest BCUT2D eigenvalue weighted by Crippen LogP contribution is -2.43. The molecule has 3 aromatic heterocycles. The number of rotatable bonds is 6. The maximum atomic E-state index is 14.7. The molecule has 1 saturated carbocycles. The highest BCUT2D eigenvalue weighted by atomic mass is 19.1. The number of halogens is 1. The minimum absolute atomic E-state index is 0.0298. The van der Waals surface area contributed by atoms with Crippen LogP contribution in [0.3, 0.4) is 0 Å². The van der Waals surface area contributed by atoms with Gasteiger partial charge in [-0.25, -0.2) is 14.1 Å². The number of carbonyl (C=O) groups is 1. The summed E-state index contributed by atoms with van der Waals surface area (Å²) in [7, 11) is 0. The summed E-state index contributed by atoms with van der Waals surface area (Å²) in [5, 5.41) is 10.4. The SMILES string of the molecule is Cc1ncc(Nc2nc(NC3CCCC[C@@H]3N)c(F)cc2C(N)=O)cc1-n1cccn1. The molecule has 3 aromatic rings. The highest BCUT2D eigenvalue weighted by Crippen LogP contribution is 2.27. The lowest BCUT2D eigenvalue weighted by atomic mass is 9.91. The second-order valence-electron chi connectivity index (χ2n) is 7.68. The third-order valence-electron chi connectivity index (χ3n) is 5.46. The van der Waals surface area contributed by atoms with E-state index in [0.717, 1.165) is 43.1 Å². The largest absolute Gasteiger partial charge is 0.365 e. The summed E-state index contributed by atoms with van der Waals surface area (Å²) in [6.07, 6.45) is 8.84. The summed E-state index contributed by atoms with van der Waals surface area (Å²) in [5.41, 5.74) is 13.7. The van der Waals surface area contributed by atoms with Gasteiger partial charge in [0.15, 0.2) is 11.6 Å². The summed E-state index contributed by atoms with van der Waals surface area (Å²) in [5.74, 6) is -1.28. The molecule has 0 aliphatic heterocycles.